The van der Waals surface area contributed by atoms with E-state index in [1.54, 1.807) is 29.5 Å². The number of aliphatic carboxylic acids is 1. The number of aromatic nitrogens is 1. The molecule has 0 saturated heterocycles. The predicted molar refractivity (Wildman–Crippen MR) is 102 cm³/mol. The van der Waals surface area contributed by atoms with E-state index < -0.39 is 12.0 Å². The van der Waals surface area contributed by atoms with Gasteiger partial charge in [0.05, 0.1) is 37.4 Å². The minimum absolute atomic E-state index is 0.192. The Morgan fingerprint density at radius 2 is 2.00 bits per heavy atom. The number of amides is 1. The number of nitrogens with one attached hydrogen (secondary N) is 1. The Labute approximate surface area is 162 Å². The van der Waals surface area contributed by atoms with Crippen LogP contribution in [0.4, 0.5) is 0 Å². The first-order valence-electron chi connectivity index (χ1n) is 8.57. The molecule has 0 aliphatic carbocycles. The van der Waals surface area contributed by atoms with Crippen LogP contribution in [-0.4, -0.2) is 36.2 Å². The zero-order valence-electron chi connectivity index (χ0n) is 15.7. The molecule has 0 aliphatic heterocycles. The number of hydrogen-bond donors (Lipinski definition) is 2. The Morgan fingerprint density at radius 1 is 1.26 bits per heavy atom. The summed E-state index contributed by atoms with van der Waals surface area (Å²) in [5.41, 5.74) is 1.63. The van der Waals surface area contributed by atoms with Crippen molar-refractivity contribution in [3.05, 3.63) is 39.8 Å². The summed E-state index contributed by atoms with van der Waals surface area (Å²) < 4.78 is 10.5. The highest BCUT2D eigenvalue weighted by molar-refractivity contribution is 7.09. The quantitative estimate of drug-likeness (QED) is 0.645. The van der Waals surface area contributed by atoms with Crippen LogP contribution in [0.5, 0.6) is 11.5 Å². The summed E-state index contributed by atoms with van der Waals surface area (Å²) in [5, 5.41) is 15.0. The van der Waals surface area contributed by atoms with Crippen molar-refractivity contribution in [2.75, 3.05) is 14.2 Å². The van der Waals surface area contributed by atoms with Crippen LogP contribution in [0.25, 0.3) is 0 Å². The van der Waals surface area contributed by atoms with Crippen molar-refractivity contribution in [2.45, 2.75) is 38.6 Å². The fourth-order valence-electron chi connectivity index (χ4n) is 2.72. The van der Waals surface area contributed by atoms with Crippen molar-refractivity contribution in [2.24, 2.45) is 0 Å². The van der Waals surface area contributed by atoms with Crippen LogP contribution in [0.15, 0.2) is 23.6 Å². The smallest absolute Gasteiger partial charge is 0.305 e. The third-order valence-corrected chi connectivity index (χ3v) is 4.85. The van der Waals surface area contributed by atoms with E-state index in [0.717, 1.165) is 17.1 Å². The molecule has 7 nitrogen and oxygen atoms in total. The van der Waals surface area contributed by atoms with Crippen LogP contribution in [0.1, 0.15) is 41.6 Å². The molecule has 8 heteroatoms. The second-order valence-electron chi connectivity index (χ2n) is 6.04. The highest BCUT2D eigenvalue weighted by Gasteiger charge is 2.20. The normalized spacial score (nSPS) is 11.7. The van der Waals surface area contributed by atoms with Gasteiger partial charge >= 0.3 is 5.97 Å². The molecule has 0 saturated carbocycles. The topological polar surface area (TPSA) is 97.8 Å². The van der Waals surface area contributed by atoms with Gasteiger partial charge in [0.15, 0.2) is 11.5 Å². The van der Waals surface area contributed by atoms with Crippen LogP contribution in [-0.2, 0) is 16.0 Å². The molecular formula is C19H24N2O5S. The number of benzene rings is 1. The van der Waals surface area contributed by atoms with E-state index >= 15 is 0 Å². The van der Waals surface area contributed by atoms with Gasteiger partial charge in [0.25, 0.3) is 0 Å². The van der Waals surface area contributed by atoms with Crippen molar-refractivity contribution in [3.8, 4) is 11.5 Å². The Morgan fingerprint density at radius 3 is 2.59 bits per heavy atom. The maximum atomic E-state index is 12.3. The lowest BCUT2D eigenvalue weighted by atomic mass is 10.0. The predicted octanol–water partition coefficient (Wildman–Crippen LogP) is 3.12. The number of carboxylic acid groups (broad SMARTS) is 1. The molecule has 2 N–H and O–H groups in total. The van der Waals surface area contributed by atoms with Gasteiger partial charge in [0.2, 0.25) is 5.91 Å². The van der Waals surface area contributed by atoms with Crippen molar-refractivity contribution < 1.29 is 24.2 Å². The lowest BCUT2D eigenvalue weighted by Crippen LogP contribution is -2.30. The molecule has 0 bridgehead atoms. The maximum absolute atomic E-state index is 12.3. The van der Waals surface area contributed by atoms with E-state index in [0.29, 0.717) is 29.9 Å². The number of nitrogens with zero attached hydrogens (tertiary/aromatic N) is 1. The van der Waals surface area contributed by atoms with E-state index in [1.165, 1.54) is 14.2 Å². The summed E-state index contributed by atoms with van der Waals surface area (Å²) >= 11 is 1.59. The summed E-state index contributed by atoms with van der Waals surface area (Å²) in [6.07, 6.45) is 1.46. The lowest BCUT2D eigenvalue weighted by molar-refractivity contribution is -0.137. The third kappa shape index (κ3) is 6.25. The fraction of sp³-hybridized carbons (Fsp3) is 0.421. The van der Waals surface area contributed by atoms with E-state index in [1.807, 2.05) is 12.3 Å². The van der Waals surface area contributed by atoms with E-state index in [9.17, 15) is 14.7 Å². The molecular weight excluding hydrogens is 368 g/mol. The van der Waals surface area contributed by atoms with Crippen LogP contribution in [0.3, 0.4) is 0 Å². The van der Waals surface area contributed by atoms with Gasteiger partial charge in [0, 0.05) is 11.8 Å². The minimum Gasteiger partial charge on any atom is -0.493 e. The van der Waals surface area contributed by atoms with Crippen LogP contribution >= 0.6 is 11.3 Å². The molecule has 0 radical (unpaired) electrons. The monoisotopic (exact) mass is 392 g/mol. The summed E-state index contributed by atoms with van der Waals surface area (Å²) in [7, 11) is 3.03. The molecule has 1 unspecified atom stereocenters. The lowest BCUT2D eigenvalue weighted by Gasteiger charge is -2.19. The molecule has 1 aromatic heterocycles. The zero-order valence-corrected chi connectivity index (χ0v) is 16.5. The number of aryl methyl sites for hydroxylation is 2. The van der Waals surface area contributed by atoms with Crippen molar-refractivity contribution >= 4 is 23.2 Å². The molecule has 27 heavy (non-hydrogen) atoms. The Bertz CT molecular complexity index is 790. The van der Waals surface area contributed by atoms with Gasteiger partial charge in [-0.15, -0.1) is 11.3 Å². The van der Waals surface area contributed by atoms with Crippen LogP contribution in [0, 0.1) is 6.92 Å². The summed E-state index contributed by atoms with van der Waals surface area (Å²) in [6.45, 7) is 1.94. The molecule has 0 fully saturated rings. The van der Waals surface area contributed by atoms with Gasteiger partial charge in [-0.25, -0.2) is 4.98 Å². The highest BCUT2D eigenvalue weighted by atomic mass is 32.1. The maximum Gasteiger partial charge on any atom is 0.305 e. The third-order valence-electron chi connectivity index (χ3n) is 4.03. The van der Waals surface area contributed by atoms with Gasteiger partial charge in [-0.1, -0.05) is 6.07 Å². The SMILES string of the molecule is COc1ccc(C(CC(=O)O)NC(=O)CCCc2csc(C)n2)cc1OC. The molecule has 2 rings (SSSR count). The van der Waals surface area contributed by atoms with Crippen molar-refractivity contribution in [3.63, 3.8) is 0 Å². The van der Waals surface area contributed by atoms with E-state index in [-0.39, 0.29) is 12.3 Å². The number of methoxy groups -OCH3 is 2. The average Bonchev–Trinajstić information content (AvgIpc) is 3.05. The van der Waals surface area contributed by atoms with Gasteiger partial charge in [-0.3, -0.25) is 9.59 Å². The number of ether oxygens (including phenoxy) is 2. The number of thiazole rings is 1. The molecule has 2 aromatic rings. The first-order valence-corrected chi connectivity index (χ1v) is 9.45. The first kappa shape index (κ1) is 20.7. The summed E-state index contributed by atoms with van der Waals surface area (Å²) in [5.74, 6) is -0.158. The summed E-state index contributed by atoms with van der Waals surface area (Å²) in [6, 6.07) is 4.47. The van der Waals surface area contributed by atoms with Gasteiger partial charge in [0.1, 0.15) is 0 Å². The highest BCUT2D eigenvalue weighted by Crippen LogP contribution is 2.31. The number of rotatable bonds is 10. The molecule has 1 aromatic carbocycles. The second-order valence-corrected chi connectivity index (χ2v) is 7.11. The standard InChI is InChI=1S/C19H24N2O5S/c1-12-20-14(11-27-12)5-4-6-18(22)21-15(10-19(23)24)13-7-8-16(25-2)17(9-13)26-3/h7-9,11,15H,4-6,10H2,1-3H3,(H,21,22)(H,23,24). The van der Waals surface area contributed by atoms with Crippen LogP contribution in [0.2, 0.25) is 0 Å². The second kappa shape index (κ2) is 9.91. The first-order chi connectivity index (χ1) is 12.9. The van der Waals surface area contributed by atoms with E-state index in [4.69, 9.17) is 9.47 Å². The van der Waals surface area contributed by atoms with Crippen molar-refractivity contribution in [1.29, 1.82) is 0 Å². The number of carboxylic acids is 1. The molecule has 146 valence electrons. The van der Waals surface area contributed by atoms with Crippen molar-refractivity contribution in [1.82, 2.24) is 10.3 Å². The molecule has 1 atom stereocenters. The zero-order chi connectivity index (χ0) is 19.8. The Hall–Kier alpha value is -2.61. The van der Waals surface area contributed by atoms with Gasteiger partial charge in [-0.05, 0) is 37.5 Å². The number of carbonyl (C=O) groups is 2. The van der Waals surface area contributed by atoms with Gasteiger partial charge in [-0.2, -0.15) is 0 Å². The molecule has 1 amide bonds. The van der Waals surface area contributed by atoms with E-state index in [2.05, 4.69) is 10.3 Å². The largest absolute Gasteiger partial charge is 0.493 e. The Kier molecular flexibility index (Phi) is 7.60. The number of hydrogen-bond acceptors (Lipinski definition) is 6. The molecule has 0 aliphatic rings. The molecule has 0 spiro atoms. The average molecular weight is 392 g/mol. The fourth-order valence-corrected chi connectivity index (χ4v) is 3.36. The summed E-state index contributed by atoms with van der Waals surface area (Å²) in [4.78, 5) is 27.9. The Balaban J connectivity index is 2.00. The minimum atomic E-state index is -0.993. The van der Waals surface area contributed by atoms with Crippen LogP contribution < -0.4 is 14.8 Å². The number of carbonyl (C=O) groups excluding carboxylic acids is 1. The molecule has 1 heterocycles. The van der Waals surface area contributed by atoms with Gasteiger partial charge < -0.3 is 19.9 Å².